The van der Waals surface area contributed by atoms with E-state index in [1.54, 1.807) is 6.20 Å². The Bertz CT molecular complexity index is 1140. The number of aryl methyl sites for hydroxylation is 2. The van der Waals surface area contributed by atoms with Gasteiger partial charge in [0.2, 0.25) is 0 Å². The molecule has 0 N–H and O–H groups in total. The smallest absolute Gasteiger partial charge is 0.266 e. The highest BCUT2D eigenvalue weighted by molar-refractivity contribution is 7.17. The Labute approximate surface area is 180 Å². The number of carbonyl (C=O) groups excluding carboxylic acids is 1. The van der Waals surface area contributed by atoms with Gasteiger partial charge >= 0.3 is 0 Å². The van der Waals surface area contributed by atoms with Crippen molar-refractivity contribution < 1.29 is 4.79 Å². The van der Waals surface area contributed by atoms with Crippen LogP contribution in [0.3, 0.4) is 0 Å². The van der Waals surface area contributed by atoms with Crippen LogP contribution in [0.5, 0.6) is 0 Å². The van der Waals surface area contributed by atoms with Gasteiger partial charge in [-0.25, -0.2) is 4.98 Å². The Balaban J connectivity index is 1.66. The number of rotatable bonds is 6. The Morgan fingerprint density at radius 2 is 1.70 bits per heavy atom. The van der Waals surface area contributed by atoms with Crippen molar-refractivity contribution in [1.29, 1.82) is 0 Å². The summed E-state index contributed by atoms with van der Waals surface area (Å²) in [6.07, 6.45) is 1.73. The van der Waals surface area contributed by atoms with E-state index in [1.807, 2.05) is 85.5 Å². The molecule has 0 bridgehead atoms. The van der Waals surface area contributed by atoms with Crippen molar-refractivity contribution in [2.75, 3.05) is 0 Å². The van der Waals surface area contributed by atoms with Crippen LogP contribution < -0.4 is 0 Å². The van der Waals surface area contributed by atoms with Crippen LogP contribution in [0.25, 0.3) is 10.7 Å². The quantitative estimate of drug-likeness (QED) is 0.442. The van der Waals surface area contributed by atoms with Crippen molar-refractivity contribution in [1.82, 2.24) is 19.9 Å². The van der Waals surface area contributed by atoms with Gasteiger partial charge in [-0.2, -0.15) is 0 Å². The van der Waals surface area contributed by atoms with Gasteiger partial charge in [0.1, 0.15) is 9.88 Å². The molecule has 4 aromatic rings. The molecular weight excluding hydrogens is 392 g/mol. The lowest BCUT2D eigenvalue weighted by Crippen LogP contribution is -2.30. The maximum absolute atomic E-state index is 13.6. The number of pyridine rings is 2. The number of benzene rings is 1. The molecule has 5 nitrogen and oxygen atoms in total. The van der Waals surface area contributed by atoms with Crippen molar-refractivity contribution in [3.8, 4) is 10.7 Å². The summed E-state index contributed by atoms with van der Waals surface area (Å²) in [4.78, 5) is 29.6. The number of aromatic nitrogens is 3. The topological polar surface area (TPSA) is 59.0 Å². The molecule has 1 amide bonds. The van der Waals surface area contributed by atoms with Crippen molar-refractivity contribution in [3.63, 3.8) is 0 Å². The molecule has 3 aromatic heterocycles. The first-order chi connectivity index (χ1) is 14.6. The standard InChI is InChI=1S/C24H22N4OS/c1-17-9-8-12-20(26-17)16-28(15-19-10-4-3-5-11-19)24(29)22-18(2)27-23(30-22)21-13-6-7-14-25-21/h3-14H,15-16H2,1-2H3. The number of thiazole rings is 1. The lowest BCUT2D eigenvalue weighted by Gasteiger charge is -2.22. The summed E-state index contributed by atoms with van der Waals surface area (Å²) in [6.45, 7) is 4.78. The van der Waals surface area contributed by atoms with Crippen molar-refractivity contribution >= 4 is 17.2 Å². The minimum Gasteiger partial charge on any atom is -0.328 e. The van der Waals surface area contributed by atoms with Gasteiger partial charge in [0, 0.05) is 18.4 Å². The Hall–Kier alpha value is -3.38. The van der Waals surface area contributed by atoms with E-state index in [0.29, 0.717) is 18.0 Å². The summed E-state index contributed by atoms with van der Waals surface area (Å²) in [5, 5.41) is 0.754. The average molecular weight is 415 g/mol. The fraction of sp³-hybridized carbons (Fsp3) is 0.167. The van der Waals surface area contributed by atoms with Gasteiger partial charge in [-0.1, -0.05) is 42.5 Å². The van der Waals surface area contributed by atoms with Gasteiger partial charge in [-0.15, -0.1) is 11.3 Å². The van der Waals surface area contributed by atoms with E-state index in [4.69, 9.17) is 0 Å². The second-order valence-corrected chi connectivity index (χ2v) is 8.06. The number of nitrogens with zero attached hydrogens (tertiary/aromatic N) is 4. The molecule has 0 spiro atoms. The molecule has 0 aliphatic heterocycles. The molecule has 0 aliphatic carbocycles. The van der Waals surface area contributed by atoms with Gasteiger partial charge < -0.3 is 4.90 Å². The Morgan fingerprint density at radius 3 is 2.43 bits per heavy atom. The molecule has 0 saturated heterocycles. The maximum atomic E-state index is 13.6. The first-order valence-corrected chi connectivity index (χ1v) is 10.6. The highest BCUT2D eigenvalue weighted by Gasteiger charge is 2.23. The van der Waals surface area contributed by atoms with Crippen LogP contribution in [0.4, 0.5) is 0 Å². The monoisotopic (exact) mass is 414 g/mol. The third-order valence-corrected chi connectivity index (χ3v) is 5.85. The van der Waals surface area contributed by atoms with Gasteiger partial charge in [-0.3, -0.25) is 14.8 Å². The van der Waals surface area contributed by atoms with Crippen molar-refractivity contribution in [3.05, 3.63) is 100 Å². The van der Waals surface area contributed by atoms with Crippen molar-refractivity contribution in [2.24, 2.45) is 0 Å². The summed E-state index contributed by atoms with van der Waals surface area (Å²) in [6, 6.07) is 21.6. The van der Waals surface area contributed by atoms with Crippen LogP contribution in [-0.4, -0.2) is 25.8 Å². The van der Waals surface area contributed by atoms with Crippen molar-refractivity contribution in [2.45, 2.75) is 26.9 Å². The highest BCUT2D eigenvalue weighted by Crippen LogP contribution is 2.28. The van der Waals surface area contributed by atoms with Gasteiger partial charge in [-0.05, 0) is 43.7 Å². The predicted octanol–water partition coefficient (Wildman–Crippen LogP) is 5.06. The number of hydrogen-bond acceptors (Lipinski definition) is 5. The van der Waals surface area contributed by atoms with Gasteiger partial charge in [0.15, 0.2) is 0 Å². The average Bonchev–Trinajstić information content (AvgIpc) is 3.16. The van der Waals surface area contributed by atoms with Crippen LogP contribution >= 0.6 is 11.3 Å². The number of hydrogen-bond donors (Lipinski definition) is 0. The molecular formula is C24H22N4OS. The minimum atomic E-state index is -0.0423. The highest BCUT2D eigenvalue weighted by atomic mass is 32.1. The molecule has 3 heterocycles. The molecule has 1 aromatic carbocycles. The predicted molar refractivity (Wildman–Crippen MR) is 119 cm³/mol. The van der Waals surface area contributed by atoms with E-state index in [1.165, 1.54) is 11.3 Å². The Kier molecular flexibility index (Phi) is 5.95. The fourth-order valence-electron chi connectivity index (χ4n) is 3.22. The fourth-order valence-corrected chi connectivity index (χ4v) is 4.23. The number of amides is 1. The molecule has 0 atom stereocenters. The first kappa shape index (κ1) is 19.9. The summed E-state index contributed by atoms with van der Waals surface area (Å²) < 4.78 is 0. The van der Waals surface area contributed by atoms with E-state index in [-0.39, 0.29) is 5.91 Å². The third-order valence-electron chi connectivity index (χ3n) is 4.68. The molecule has 0 radical (unpaired) electrons. The molecule has 30 heavy (non-hydrogen) atoms. The molecule has 4 rings (SSSR count). The zero-order valence-corrected chi connectivity index (χ0v) is 17.8. The summed E-state index contributed by atoms with van der Waals surface area (Å²) in [5.41, 5.74) is 4.38. The van der Waals surface area contributed by atoms with E-state index < -0.39 is 0 Å². The van der Waals surface area contributed by atoms with Crippen LogP contribution in [0.2, 0.25) is 0 Å². The van der Waals surface area contributed by atoms with Gasteiger partial charge in [0.25, 0.3) is 5.91 Å². The normalized spacial score (nSPS) is 10.7. The number of carbonyl (C=O) groups is 1. The molecule has 0 fully saturated rings. The minimum absolute atomic E-state index is 0.0423. The van der Waals surface area contributed by atoms with Crippen LogP contribution in [-0.2, 0) is 13.1 Å². The van der Waals surface area contributed by atoms with Crippen LogP contribution in [0, 0.1) is 13.8 Å². The summed E-state index contributed by atoms with van der Waals surface area (Å²) in [7, 11) is 0. The van der Waals surface area contributed by atoms with Crippen LogP contribution in [0.15, 0.2) is 72.9 Å². The maximum Gasteiger partial charge on any atom is 0.266 e. The molecule has 0 unspecified atom stereocenters. The van der Waals surface area contributed by atoms with E-state index >= 15 is 0 Å². The zero-order valence-electron chi connectivity index (χ0n) is 16.9. The second-order valence-electron chi connectivity index (χ2n) is 7.07. The molecule has 150 valence electrons. The first-order valence-electron chi connectivity index (χ1n) is 9.75. The lowest BCUT2D eigenvalue weighted by atomic mass is 10.2. The van der Waals surface area contributed by atoms with Crippen LogP contribution in [0.1, 0.15) is 32.3 Å². The van der Waals surface area contributed by atoms with Gasteiger partial charge in [0.05, 0.1) is 23.6 Å². The van der Waals surface area contributed by atoms with E-state index in [2.05, 4.69) is 15.0 Å². The molecule has 0 saturated carbocycles. The zero-order chi connectivity index (χ0) is 20.9. The largest absolute Gasteiger partial charge is 0.328 e. The Morgan fingerprint density at radius 1 is 0.900 bits per heavy atom. The second kappa shape index (κ2) is 8.97. The third kappa shape index (κ3) is 4.60. The molecule has 6 heteroatoms. The SMILES string of the molecule is Cc1cccc(CN(Cc2ccccc2)C(=O)c2sc(-c3ccccn3)nc2C)n1. The summed E-state index contributed by atoms with van der Waals surface area (Å²) in [5.74, 6) is -0.0423. The van der Waals surface area contributed by atoms with E-state index in [9.17, 15) is 4.79 Å². The summed E-state index contributed by atoms with van der Waals surface area (Å²) >= 11 is 1.39. The lowest BCUT2D eigenvalue weighted by molar-refractivity contribution is 0.0731. The molecule has 0 aliphatic rings. The van der Waals surface area contributed by atoms with E-state index in [0.717, 1.165) is 33.3 Å².